The Morgan fingerprint density at radius 1 is 1.09 bits per heavy atom. The van der Waals surface area contributed by atoms with E-state index in [2.05, 4.69) is 15.3 Å². The molecule has 0 saturated heterocycles. The average molecular weight is 494 g/mol. The van der Waals surface area contributed by atoms with E-state index in [1.807, 2.05) is 0 Å². The highest BCUT2D eigenvalue weighted by atomic mass is 35.5. The van der Waals surface area contributed by atoms with Crippen LogP contribution in [0, 0.1) is 0 Å². The molecule has 0 atom stereocenters. The second-order valence-electron chi connectivity index (χ2n) is 7.82. The number of carbonyl (C=O) groups excluding carboxylic acids is 1. The molecule has 1 aliphatic heterocycles. The molecule has 0 aliphatic carbocycles. The maximum Gasteiger partial charge on any atom is 0.333 e. The highest BCUT2D eigenvalue weighted by molar-refractivity contribution is 6.30. The number of aromatic nitrogens is 4. The molecule has 178 valence electrons. The number of carbonyl (C=O) groups is 1. The fourth-order valence-electron chi connectivity index (χ4n) is 3.81. The van der Waals surface area contributed by atoms with E-state index in [0.717, 1.165) is 10.1 Å². The van der Waals surface area contributed by atoms with Gasteiger partial charge in [0.25, 0.3) is 5.56 Å². The Labute approximate surface area is 203 Å². The Morgan fingerprint density at radius 2 is 1.86 bits per heavy atom. The normalized spacial score (nSPS) is 12.2. The van der Waals surface area contributed by atoms with Gasteiger partial charge in [0.1, 0.15) is 11.9 Å². The molecular formula is C24H20ClN5O5. The van der Waals surface area contributed by atoms with E-state index in [1.165, 1.54) is 10.8 Å². The molecule has 5 rings (SSSR count). The standard InChI is InChI=1S/C24H20ClN5O5/c1-2-29-22-17(11-27-21(28-22)15-4-6-16(25)7-5-15)23(32)30(24(29)33)12-20(31)26-10-14-3-8-18-19(9-14)35-13-34-18/h3-9,11H,2,10,12-13H2,1H3,(H,26,31). The molecule has 0 fully saturated rings. The molecule has 3 heterocycles. The molecule has 1 aliphatic rings. The minimum absolute atomic E-state index is 0.146. The fraction of sp³-hybridized carbons (Fsp3) is 0.208. The van der Waals surface area contributed by atoms with Gasteiger partial charge in [-0.15, -0.1) is 0 Å². The van der Waals surface area contributed by atoms with Crippen molar-refractivity contribution in [2.45, 2.75) is 26.6 Å². The van der Waals surface area contributed by atoms with Crippen LogP contribution in [0.25, 0.3) is 22.4 Å². The molecule has 2 aromatic carbocycles. The Balaban J connectivity index is 1.42. The van der Waals surface area contributed by atoms with Gasteiger partial charge in [0, 0.05) is 29.9 Å². The van der Waals surface area contributed by atoms with Crippen molar-refractivity contribution >= 4 is 28.5 Å². The van der Waals surface area contributed by atoms with Crippen LogP contribution in [0.3, 0.4) is 0 Å². The van der Waals surface area contributed by atoms with Crippen LogP contribution in [0.5, 0.6) is 11.5 Å². The van der Waals surface area contributed by atoms with E-state index >= 15 is 0 Å². The monoisotopic (exact) mass is 493 g/mol. The summed E-state index contributed by atoms with van der Waals surface area (Å²) in [5.41, 5.74) is 0.445. The predicted molar refractivity (Wildman–Crippen MR) is 129 cm³/mol. The Hall–Kier alpha value is -4.18. The minimum Gasteiger partial charge on any atom is -0.454 e. The van der Waals surface area contributed by atoms with Crippen LogP contribution in [0.4, 0.5) is 0 Å². The van der Waals surface area contributed by atoms with Crippen molar-refractivity contribution < 1.29 is 14.3 Å². The minimum atomic E-state index is -0.629. The van der Waals surface area contributed by atoms with Crippen molar-refractivity contribution in [2.24, 2.45) is 0 Å². The third-order valence-corrected chi connectivity index (χ3v) is 5.86. The van der Waals surface area contributed by atoms with Gasteiger partial charge >= 0.3 is 5.69 Å². The second-order valence-corrected chi connectivity index (χ2v) is 8.26. The molecule has 11 heteroatoms. The van der Waals surface area contributed by atoms with Crippen LogP contribution >= 0.6 is 11.6 Å². The first-order chi connectivity index (χ1) is 16.9. The number of halogens is 1. The number of ether oxygens (including phenoxy) is 2. The summed E-state index contributed by atoms with van der Waals surface area (Å²) in [4.78, 5) is 47.6. The van der Waals surface area contributed by atoms with Crippen LogP contribution in [0.1, 0.15) is 12.5 Å². The van der Waals surface area contributed by atoms with Gasteiger partial charge in [-0.3, -0.25) is 18.7 Å². The summed E-state index contributed by atoms with van der Waals surface area (Å²) in [6.45, 7) is 1.94. The van der Waals surface area contributed by atoms with Gasteiger partial charge in [0.2, 0.25) is 12.7 Å². The van der Waals surface area contributed by atoms with Gasteiger partial charge in [-0.2, -0.15) is 0 Å². The van der Waals surface area contributed by atoms with E-state index in [-0.39, 0.29) is 30.9 Å². The summed E-state index contributed by atoms with van der Waals surface area (Å²) >= 11 is 5.95. The van der Waals surface area contributed by atoms with Gasteiger partial charge in [0.05, 0.1) is 0 Å². The Morgan fingerprint density at radius 3 is 2.63 bits per heavy atom. The lowest BCUT2D eigenvalue weighted by atomic mass is 10.2. The molecule has 0 bridgehead atoms. The first-order valence-electron chi connectivity index (χ1n) is 10.9. The van der Waals surface area contributed by atoms with Crippen molar-refractivity contribution in [3.8, 4) is 22.9 Å². The molecule has 1 amide bonds. The first kappa shape index (κ1) is 22.6. The predicted octanol–water partition coefficient (Wildman–Crippen LogP) is 2.34. The lowest BCUT2D eigenvalue weighted by Crippen LogP contribution is -2.44. The zero-order valence-corrected chi connectivity index (χ0v) is 19.4. The SMILES string of the molecule is CCn1c(=O)n(CC(=O)NCc2ccc3c(c2)OCO3)c(=O)c2cnc(-c3ccc(Cl)cc3)nc21. The van der Waals surface area contributed by atoms with E-state index in [9.17, 15) is 14.4 Å². The highest BCUT2D eigenvalue weighted by Crippen LogP contribution is 2.32. The molecule has 4 aromatic rings. The summed E-state index contributed by atoms with van der Waals surface area (Å²) in [6, 6.07) is 12.2. The topological polar surface area (TPSA) is 117 Å². The summed E-state index contributed by atoms with van der Waals surface area (Å²) in [5, 5.41) is 3.44. The number of hydrogen-bond acceptors (Lipinski definition) is 7. The van der Waals surface area contributed by atoms with Crippen molar-refractivity contribution in [1.82, 2.24) is 24.4 Å². The summed E-state index contributed by atoms with van der Waals surface area (Å²) in [7, 11) is 0. The smallest absolute Gasteiger partial charge is 0.333 e. The number of aryl methyl sites for hydroxylation is 1. The van der Waals surface area contributed by atoms with E-state index in [1.54, 1.807) is 49.4 Å². The number of fused-ring (bicyclic) bond motifs is 2. The molecule has 0 saturated carbocycles. The second kappa shape index (κ2) is 9.22. The zero-order valence-electron chi connectivity index (χ0n) is 18.7. The fourth-order valence-corrected chi connectivity index (χ4v) is 3.94. The summed E-state index contributed by atoms with van der Waals surface area (Å²) in [5.74, 6) is 1.12. The van der Waals surface area contributed by atoms with E-state index < -0.39 is 23.7 Å². The van der Waals surface area contributed by atoms with Crippen LogP contribution in [-0.4, -0.2) is 31.8 Å². The van der Waals surface area contributed by atoms with Crippen LogP contribution < -0.4 is 26.0 Å². The summed E-state index contributed by atoms with van der Waals surface area (Å²) < 4.78 is 12.9. The number of amides is 1. The van der Waals surface area contributed by atoms with Crippen LogP contribution in [0.15, 0.2) is 58.3 Å². The van der Waals surface area contributed by atoms with Gasteiger partial charge < -0.3 is 14.8 Å². The van der Waals surface area contributed by atoms with E-state index in [0.29, 0.717) is 27.9 Å². The summed E-state index contributed by atoms with van der Waals surface area (Å²) in [6.07, 6.45) is 1.38. The molecular weight excluding hydrogens is 474 g/mol. The van der Waals surface area contributed by atoms with Crippen LogP contribution in [-0.2, 0) is 24.4 Å². The van der Waals surface area contributed by atoms with Crippen molar-refractivity contribution in [1.29, 1.82) is 0 Å². The molecule has 35 heavy (non-hydrogen) atoms. The van der Waals surface area contributed by atoms with Crippen molar-refractivity contribution in [3.63, 3.8) is 0 Å². The third-order valence-electron chi connectivity index (χ3n) is 5.61. The first-order valence-corrected chi connectivity index (χ1v) is 11.2. The van der Waals surface area contributed by atoms with Gasteiger partial charge in [-0.1, -0.05) is 17.7 Å². The molecule has 0 spiro atoms. The maximum absolute atomic E-state index is 13.1. The molecule has 0 unspecified atom stereocenters. The van der Waals surface area contributed by atoms with Gasteiger partial charge in [-0.25, -0.2) is 14.8 Å². The highest BCUT2D eigenvalue weighted by Gasteiger charge is 2.18. The number of hydrogen-bond donors (Lipinski definition) is 1. The Bertz CT molecular complexity index is 1560. The van der Waals surface area contributed by atoms with Gasteiger partial charge in [0.15, 0.2) is 23.0 Å². The van der Waals surface area contributed by atoms with Crippen molar-refractivity contribution in [2.75, 3.05) is 6.79 Å². The van der Waals surface area contributed by atoms with E-state index in [4.69, 9.17) is 21.1 Å². The number of benzene rings is 2. The van der Waals surface area contributed by atoms with Crippen molar-refractivity contribution in [3.05, 3.63) is 80.1 Å². The lowest BCUT2D eigenvalue weighted by molar-refractivity contribution is -0.121. The third kappa shape index (κ3) is 4.35. The average Bonchev–Trinajstić information content (AvgIpc) is 3.34. The zero-order chi connectivity index (χ0) is 24.5. The van der Waals surface area contributed by atoms with Crippen LogP contribution in [0.2, 0.25) is 5.02 Å². The molecule has 10 nitrogen and oxygen atoms in total. The number of rotatable bonds is 6. The molecule has 1 N–H and O–H groups in total. The quantitative estimate of drug-likeness (QED) is 0.438. The van der Waals surface area contributed by atoms with Gasteiger partial charge in [-0.05, 0) is 48.9 Å². The Kier molecular flexibility index (Phi) is 5.96. The number of nitrogens with zero attached hydrogens (tertiary/aromatic N) is 4. The molecule has 0 radical (unpaired) electrons. The largest absolute Gasteiger partial charge is 0.454 e. The number of nitrogens with one attached hydrogen (secondary N) is 1. The molecule has 2 aromatic heterocycles. The maximum atomic E-state index is 13.1. The lowest BCUT2D eigenvalue weighted by Gasteiger charge is -2.13.